The van der Waals surface area contributed by atoms with E-state index in [0.717, 1.165) is 11.8 Å². The molecule has 0 aliphatic rings. The Hall–Kier alpha value is -4.00. The van der Waals surface area contributed by atoms with Crippen molar-refractivity contribution in [3.8, 4) is 0 Å². The number of benzene rings is 1. The molecule has 0 unspecified atom stereocenters. The maximum absolute atomic E-state index is 12.1. The Balaban J connectivity index is 1.54. The number of carbonyl (C=O) groups excluding carboxylic acids is 1. The molecule has 0 atom stereocenters. The summed E-state index contributed by atoms with van der Waals surface area (Å²) in [5.74, 6) is 5.83. The van der Waals surface area contributed by atoms with Crippen LogP contribution in [0.1, 0.15) is 12.6 Å². The molecule has 4 N–H and O–H groups in total. The predicted octanol–water partition coefficient (Wildman–Crippen LogP) is 1.86. The SMILES string of the molecule is C/C(=N\Nc1nnc(SCC(=O)Nc2ccc([N+](=O)[O-])cc2)n1N)c1ccccn1. The highest BCUT2D eigenvalue weighted by Gasteiger charge is 2.13. The lowest BCUT2D eigenvalue weighted by Crippen LogP contribution is -2.17. The predicted molar refractivity (Wildman–Crippen MR) is 113 cm³/mol. The van der Waals surface area contributed by atoms with Crippen molar-refractivity contribution in [3.05, 3.63) is 64.5 Å². The minimum atomic E-state index is -0.511. The van der Waals surface area contributed by atoms with Crippen LogP contribution in [0.5, 0.6) is 0 Å². The Morgan fingerprint density at radius 3 is 2.70 bits per heavy atom. The van der Waals surface area contributed by atoms with Gasteiger partial charge in [-0.05, 0) is 31.2 Å². The summed E-state index contributed by atoms with van der Waals surface area (Å²) < 4.78 is 1.18. The highest BCUT2D eigenvalue weighted by molar-refractivity contribution is 7.99. The van der Waals surface area contributed by atoms with E-state index in [1.165, 1.54) is 28.9 Å². The first-order valence-corrected chi connectivity index (χ1v) is 9.52. The van der Waals surface area contributed by atoms with Gasteiger partial charge in [-0.15, -0.1) is 10.2 Å². The second-order valence-corrected chi connectivity index (χ2v) is 6.78. The number of hydrogen-bond donors (Lipinski definition) is 3. The Labute approximate surface area is 174 Å². The highest BCUT2D eigenvalue weighted by Crippen LogP contribution is 2.19. The van der Waals surface area contributed by atoms with Gasteiger partial charge in [0.1, 0.15) is 0 Å². The van der Waals surface area contributed by atoms with Gasteiger partial charge in [0.25, 0.3) is 11.6 Å². The molecule has 0 aliphatic carbocycles. The van der Waals surface area contributed by atoms with Gasteiger partial charge >= 0.3 is 0 Å². The van der Waals surface area contributed by atoms with Crippen molar-refractivity contribution < 1.29 is 9.72 Å². The van der Waals surface area contributed by atoms with Crippen LogP contribution in [-0.4, -0.2) is 42.2 Å². The Kier molecular flexibility index (Phi) is 6.54. The monoisotopic (exact) mass is 427 g/mol. The number of thioether (sulfide) groups is 1. The molecule has 1 aromatic carbocycles. The van der Waals surface area contributed by atoms with Crippen LogP contribution in [0.2, 0.25) is 0 Å². The summed E-state index contributed by atoms with van der Waals surface area (Å²) in [6.45, 7) is 1.78. The maximum atomic E-state index is 12.1. The summed E-state index contributed by atoms with van der Waals surface area (Å²) in [5.41, 5.74) is 4.44. The molecule has 12 nitrogen and oxygen atoms in total. The molecule has 154 valence electrons. The van der Waals surface area contributed by atoms with Crippen LogP contribution < -0.4 is 16.6 Å². The van der Waals surface area contributed by atoms with Crippen LogP contribution >= 0.6 is 11.8 Å². The number of nitrogens with one attached hydrogen (secondary N) is 2. The average Bonchev–Trinajstić information content (AvgIpc) is 3.11. The van der Waals surface area contributed by atoms with Crippen LogP contribution in [0.3, 0.4) is 0 Å². The topological polar surface area (TPSA) is 166 Å². The van der Waals surface area contributed by atoms with E-state index in [2.05, 4.69) is 31.0 Å². The molecular formula is C17H17N9O3S. The summed E-state index contributed by atoms with van der Waals surface area (Å²) in [5, 5.41) is 25.6. The van der Waals surface area contributed by atoms with E-state index in [9.17, 15) is 14.9 Å². The van der Waals surface area contributed by atoms with Crippen LogP contribution in [0.4, 0.5) is 17.3 Å². The van der Waals surface area contributed by atoms with E-state index >= 15 is 0 Å². The Morgan fingerprint density at radius 1 is 1.27 bits per heavy atom. The molecule has 3 rings (SSSR count). The fourth-order valence-corrected chi connectivity index (χ4v) is 2.87. The Morgan fingerprint density at radius 2 is 2.03 bits per heavy atom. The lowest BCUT2D eigenvalue weighted by molar-refractivity contribution is -0.384. The molecule has 0 saturated heterocycles. The number of aromatic nitrogens is 4. The van der Waals surface area contributed by atoms with Gasteiger partial charge in [-0.1, -0.05) is 17.8 Å². The molecule has 0 saturated carbocycles. The number of nitrogen functional groups attached to an aromatic ring is 1. The number of nitro benzene ring substituents is 1. The lowest BCUT2D eigenvalue weighted by Gasteiger charge is -2.05. The van der Waals surface area contributed by atoms with Crippen molar-refractivity contribution in [2.45, 2.75) is 12.1 Å². The van der Waals surface area contributed by atoms with Gasteiger partial charge in [0.05, 0.1) is 22.1 Å². The molecule has 2 heterocycles. The third-order valence-corrected chi connectivity index (χ3v) is 4.66. The number of nitro groups is 1. The van der Waals surface area contributed by atoms with Crippen molar-refractivity contribution in [2.24, 2.45) is 5.10 Å². The molecule has 3 aromatic rings. The zero-order valence-electron chi connectivity index (χ0n) is 15.7. The highest BCUT2D eigenvalue weighted by atomic mass is 32.2. The number of non-ortho nitro benzene ring substituents is 1. The van der Waals surface area contributed by atoms with Crippen LogP contribution in [0.15, 0.2) is 58.9 Å². The summed E-state index contributed by atoms with van der Waals surface area (Å²) in [6, 6.07) is 11.0. The number of hydrogen-bond acceptors (Lipinski definition) is 10. The number of anilines is 2. The molecule has 0 bridgehead atoms. The molecular weight excluding hydrogens is 410 g/mol. The number of pyridine rings is 1. The van der Waals surface area contributed by atoms with E-state index in [1.54, 1.807) is 13.1 Å². The second kappa shape index (κ2) is 9.47. The largest absolute Gasteiger partial charge is 0.334 e. The zero-order valence-corrected chi connectivity index (χ0v) is 16.5. The van der Waals surface area contributed by atoms with Crippen LogP contribution in [-0.2, 0) is 4.79 Å². The minimum absolute atomic E-state index is 0.0164. The van der Waals surface area contributed by atoms with E-state index < -0.39 is 4.92 Å². The summed E-state index contributed by atoms with van der Waals surface area (Å²) >= 11 is 1.08. The standard InChI is InChI=1S/C17H17N9O3S/c1-11(14-4-2-3-9-19-14)21-22-16-23-24-17(25(16)18)30-10-15(27)20-12-5-7-13(8-6-12)26(28)29/h2-9H,10,18H2,1H3,(H,20,27)(H,22,23)/b21-11+. The molecule has 2 aromatic heterocycles. The average molecular weight is 427 g/mol. The molecule has 1 amide bonds. The Bertz CT molecular complexity index is 1070. The summed E-state index contributed by atoms with van der Waals surface area (Å²) in [6.07, 6.45) is 1.66. The first kappa shape index (κ1) is 20.7. The van der Waals surface area contributed by atoms with Crippen molar-refractivity contribution >= 4 is 40.7 Å². The molecule has 0 aliphatic heterocycles. The number of nitrogens with two attached hydrogens (primary N) is 1. The smallest absolute Gasteiger partial charge is 0.269 e. The van der Waals surface area contributed by atoms with E-state index in [4.69, 9.17) is 5.84 Å². The molecule has 0 fully saturated rings. The van der Waals surface area contributed by atoms with Gasteiger partial charge in [-0.3, -0.25) is 19.9 Å². The molecule has 30 heavy (non-hydrogen) atoms. The molecule has 0 spiro atoms. The summed E-state index contributed by atoms with van der Waals surface area (Å²) in [7, 11) is 0. The van der Waals surface area contributed by atoms with Crippen molar-refractivity contribution in [3.63, 3.8) is 0 Å². The van der Waals surface area contributed by atoms with Gasteiger partial charge in [0, 0.05) is 24.0 Å². The minimum Gasteiger partial charge on any atom is -0.334 e. The normalized spacial score (nSPS) is 11.2. The lowest BCUT2D eigenvalue weighted by atomic mass is 10.3. The molecule has 0 radical (unpaired) electrons. The zero-order chi connectivity index (χ0) is 21.5. The van der Waals surface area contributed by atoms with Gasteiger partial charge in [0.2, 0.25) is 11.1 Å². The number of rotatable bonds is 8. The van der Waals surface area contributed by atoms with Gasteiger partial charge in [0.15, 0.2) is 0 Å². The third kappa shape index (κ3) is 5.29. The van der Waals surface area contributed by atoms with E-state index in [0.29, 0.717) is 22.2 Å². The van der Waals surface area contributed by atoms with E-state index in [-0.39, 0.29) is 23.3 Å². The molecule has 13 heteroatoms. The fourth-order valence-electron chi connectivity index (χ4n) is 2.21. The second-order valence-electron chi connectivity index (χ2n) is 5.84. The number of hydrazone groups is 1. The number of amides is 1. The van der Waals surface area contributed by atoms with Crippen molar-refractivity contribution in [1.82, 2.24) is 19.9 Å². The van der Waals surface area contributed by atoms with Crippen LogP contribution in [0.25, 0.3) is 0 Å². The number of nitrogens with zero attached hydrogens (tertiary/aromatic N) is 6. The summed E-state index contributed by atoms with van der Waals surface area (Å²) in [4.78, 5) is 26.4. The fraction of sp³-hybridized carbons (Fsp3) is 0.118. The number of carbonyl (C=O) groups is 1. The third-order valence-electron chi connectivity index (χ3n) is 3.72. The van der Waals surface area contributed by atoms with Crippen molar-refractivity contribution in [2.75, 3.05) is 22.3 Å². The quantitative estimate of drug-likeness (QED) is 0.160. The van der Waals surface area contributed by atoms with Crippen molar-refractivity contribution in [1.29, 1.82) is 0 Å². The van der Waals surface area contributed by atoms with Crippen LogP contribution in [0, 0.1) is 10.1 Å². The van der Waals surface area contributed by atoms with Gasteiger partial charge < -0.3 is 11.2 Å². The first-order chi connectivity index (χ1) is 14.4. The first-order valence-electron chi connectivity index (χ1n) is 8.53. The van der Waals surface area contributed by atoms with E-state index in [1.807, 2.05) is 18.2 Å². The maximum Gasteiger partial charge on any atom is 0.269 e. The van der Waals surface area contributed by atoms with Gasteiger partial charge in [-0.25, -0.2) is 10.1 Å². The van der Waals surface area contributed by atoms with Gasteiger partial charge in [-0.2, -0.15) is 5.10 Å².